The third kappa shape index (κ3) is 3.39. The molecule has 0 saturated heterocycles. The summed E-state index contributed by atoms with van der Waals surface area (Å²) in [6, 6.07) is 9.49. The lowest BCUT2D eigenvalue weighted by Gasteiger charge is -2.03. The first-order valence-corrected chi connectivity index (χ1v) is 5.89. The highest BCUT2D eigenvalue weighted by Crippen LogP contribution is 2.16. The molecular weight excluding hydrogens is 266 g/mol. The van der Waals surface area contributed by atoms with E-state index in [1.54, 1.807) is 36.4 Å². The van der Waals surface area contributed by atoms with Crippen LogP contribution < -0.4 is 4.74 Å². The highest BCUT2D eigenvalue weighted by Gasteiger charge is 2.09. The maximum Gasteiger partial charge on any atom is 0.308 e. The second-order valence-corrected chi connectivity index (χ2v) is 4.20. The quantitative estimate of drug-likeness (QED) is 0.374. The molecule has 0 spiro atoms. The van der Waals surface area contributed by atoms with Gasteiger partial charge in [0, 0.05) is 24.2 Å². The summed E-state index contributed by atoms with van der Waals surface area (Å²) in [5, 5.41) is 0.335. The number of nitrogens with zero attached hydrogens (tertiary/aromatic N) is 1. The Morgan fingerprint density at radius 2 is 1.68 bits per heavy atom. The van der Waals surface area contributed by atoms with Crippen molar-refractivity contribution < 1.29 is 14.3 Å². The summed E-state index contributed by atoms with van der Waals surface area (Å²) in [7, 11) is 0. The number of benzene rings is 1. The third-order valence-electron chi connectivity index (χ3n) is 2.37. The topological polar surface area (TPSA) is 56.3 Å². The number of esters is 1. The molecule has 0 atom stereocenters. The number of halogens is 1. The van der Waals surface area contributed by atoms with Crippen LogP contribution in [0.5, 0.6) is 5.75 Å². The number of hydrogen-bond acceptors (Lipinski definition) is 4. The molecule has 0 radical (unpaired) electrons. The second kappa shape index (κ2) is 5.63. The van der Waals surface area contributed by atoms with Gasteiger partial charge in [0.2, 0.25) is 0 Å². The van der Waals surface area contributed by atoms with Crippen molar-refractivity contribution in [3.63, 3.8) is 0 Å². The zero-order valence-electron chi connectivity index (χ0n) is 10.1. The summed E-state index contributed by atoms with van der Waals surface area (Å²) in [5.74, 6) is -0.169. The maximum absolute atomic E-state index is 12.1. The summed E-state index contributed by atoms with van der Waals surface area (Å²) < 4.78 is 4.89. The van der Waals surface area contributed by atoms with Gasteiger partial charge >= 0.3 is 5.97 Å². The van der Waals surface area contributed by atoms with Crippen LogP contribution >= 0.6 is 11.6 Å². The van der Waals surface area contributed by atoms with E-state index in [9.17, 15) is 9.59 Å². The number of aromatic nitrogens is 1. The summed E-state index contributed by atoms with van der Waals surface area (Å²) in [6.07, 6.45) is 1.42. The fourth-order valence-electron chi connectivity index (χ4n) is 1.52. The molecule has 0 amide bonds. The van der Waals surface area contributed by atoms with Crippen LogP contribution in [0.2, 0.25) is 5.15 Å². The molecule has 2 rings (SSSR count). The Labute approximate surface area is 115 Å². The number of ketones is 1. The molecule has 96 valence electrons. The Morgan fingerprint density at radius 3 is 2.21 bits per heavy atom. The van der Waals surface area contributed by atoms with Crippen molar-refractivity contribution in [2.75, 3.05) is 0 Å². The maximum atomic E-state index is 12.1. The fraction of sp³-hybridized carbons (Fsp3) is 0.0714. The number of carbonyl (C=O) groups excluding carboxylic acids is 2. The Hall–Kier alpha value is -2.20. The summed E-state index contributed by atoms with van der Waals surface area (Å²) >= 11 is 5.66. The van der Waals surface area contributed by atoms with Crippen molar-refractivity contribution in [3.05, 3.63) is 58.9 Å². The minimum atomic E-state index is -0.402. The molecular formula is C14H10ClNO3. The molecule has 0 N–H and O–H groups in total. The molecule has 0 bridgehead atoms. The Bertz CT molecular complexity index is 606. The predicted octanol–water partition coefficient (Wildman–Crippen LogP) is 2.89. The third-order valence-corrected chi connectivity index (χ3v) is 2.59. The van der Waals surface area contributed by atoms with E-state index in [2.05, 4.69) is 4.98 Å². The van der Waals surface area contributed by atoms with Gasteiger partial charge in [-0.3, -0.25) is 9.59 Å². The van der Waals surface area contributed by atoms with Crippen LogP contribution in [0.15, 0.2) is 42.6 Å². The van der Waals surface area contributed by atoms with Gasteiger partial charge in [0.15, 0.2) is 5.78 Å². The molecule has 1 aromatic heterocycles. The Kier molecular flexibility index (Phi) is 3.92. The molecule has 0 aliphatic heterocycles. The van der Waals surface area contributed by atoms with Crippen molar-refractivity contribution in [2.45, 2.75) is 6.92 Å². The zero-order valence-corrected chi connectivity index (χ0v) is 10.8. The van der Waals surface area contributed by atoms with Gasteiger partial charge in [0.25, 0.3) is 0 Å². The Morgan fingerprint density at radius 1 is 1.05 bits per heavy atom. The van der Waals surface area contributed by atoms with Gasteiger partial charge in [0.1, 0.15) is 10.9 Å². The Balaban J connectivity index is 2.20. The van der Waals surface area contributed by atoms with Gasteiger partial charge in [-0.25, -0.2) is 4.98 Å². The molecule has 1 heterocycles. The van der Waals surface area contributed by atoms with Gasteiger partial charge in [0.05, 0.1) is 0 Å². The lowest BCUT2D eigenvalue weighted by atomic mass is 10.1. The normalized spacial score (nSPS) is 10.0. The van der Waals surface area contributed by atoms with Gasteiger partial charge < -0.3 is 4.74 Å². The molecule has 0 aliphatic rings. The largest absolute Gasteiger partial charge is 0.427 e. The number of ether oxygens (including phenoxy) is 1. The molecule has 1 aromatic carbocycles. The van der Waals surface area contributed by atoms with Gasteiger partial charge in [-0.1, -0.05) is 11.6 Å². The van der Waals surface area contributed by atoms with E-state index in [0.29, 0.717) is 22.0 Å². The van der Waals surface area contributed by atoms with E-state index >= 15 is 0 Å². The molecule has 4 nitrogen and oxygen atoms in total. The molecule has 5 heteroatoms. The smallest absolute Gasteiger partial charge is 0.308 e. The highest BCUT2D eigenvalue weighted by atomic mass is 35.5. The van der Waals surface area contributed by atoms with E-state index in [4.69, 9.17) is 16.3 Å². The predicted molar refractivity (Wildman–Crippen MR) is 70.4 cm³/mol. The average Bonchev–Trinajstić information content (AvgIpc) is 2.39. The number of pyridine rings is 1. The van der Waals surface area contributed by atoms with Crippen LogP contribution in [0.1, 0.15) is 22.8 Å². The van der Waals surface area contributed by atoms with Crippen molar-refractivity contribution >= 4 is 23.4 Å². The molecule has 0 unspecified atom stereocenters. The SMILES string of the molecule is CC(=O)Oc1ccc(C(=O)c2ccc(Cl)nc2)cc1. The monoisotopic (exact) mass is 275 g/mol. The average molecular weight is 276 g/mol. The molecule has 19 heavy (non-hydrogen) atoms. The van der Waals surface area contributed by atoms with Gasteiger partial charge in [-0.2, -0.15) is 0 Å². The van der Waals surface area contributed by atoms with Crippen LogP contribution in [-0.2, 0) is 4.79 Å². The standard InChI is InChI=1S/C14H10ClNO3/c1-9(17)19-12-5-2-10(3-6-12)14(18)11-4-7-13(15)16-8-11/h2-8H,1H3. The number of carbonyl (C=O) groups is 2. The van der Waals surface area contributed by atoms with E-state index in [-0.39, 0.29) is 5.78 Å². The molecule has 0 saturated carbocycles. The first-order chi connectivity index (χ1) is 9.06. The van der Waals surface area contributed by atoms with E-state index in [1.807, 2.05) is 0 Å². The number of rotatable bonds is 3. The first kappa shape index (κ1) is 13.2. The van der Waals surface area contributed by atoms with Crippen LogP contribution in [0, 0.1) is 0 Å². The van der Waals surface area contributed by atoms with Crippen LogP contribution in [0.3, 0.4) is 0 Å². The summed E-state index contributed by atoms with van der Waals surface area (Å²) in [6.45, 7) is 1.32. The van der Waals surface area contributed by atoms with Crippen LogP contribution in [-0.4, -0.2) is 16.7 Å². The summed E-state index contributed by atoms with van der Waals surface area (Å²) in [5.41, 5.74) is 0.935. The fourth-order valence-corrected chi connectivity index (χ4v) is 1.63. The summed E-state index contributed by atoms with van der Waals surface area (Å²) in [4.78, 5) is 26.7. The molecule has 2 aromatic rings. The van der Waals surface area contributed by atoms with Crippen LogP contribution in [0.4, 0.5) is 0 Å². The van der Waals surface area contributed by atoms with Crippen molar-refractivity contribution in [2.24, 2.45) is 0 Å². The van der Waals surface area contributed by atoms with Gasteiger partial charge in [-0.05, 0) is 36.4 Å². The number of hydrogen-bond donors (Lipinski definition) is 0. The van der Waals surface area contributed by atoms with E-state index in [1.165, 1.54) is 13.1 Å². The van der Waals surface area contributed by atoms with E-state index < -0.39 is 5.97 Å². The minimum Gasteiger partial charge on any atom is -0.427 e. The second-order valence-electron chi connectivity index (χ2n) is 3.82. The van der Waals surface area contributed by atoms with Crippen molar-refractivity contribution in [1.82, 2.24) is 4.98 Å². The lowest BCUT2D eigenvalue weighted by Crippen LogP contribution is -2.04. The van der Waals surface area contributed by atoms with Gasteiger partial charge in [-0.15, -0.1) is 0 Å². The van der Waals surface area contributed by atoms with Crippen LogP contribution in [0.25, 0.3) is 0 Å². The zero-order chi connectivity index (χ0) is 13.8. The molecule has 0 fully saturated rings. The molecule has 0 aliphatic carbocycles. The lowest BCUT2D eigenvalue weighted by molar-refractivity contribution is -0.131. The minimum absolute atomic E-state index is 0.168. The van der Waals surface area contributed by atoms with E-state index in [0.717, 1.165) is 0 Å². The highest BCUT2D eigenvalue weighted by molar-refractivity contribution is 6.29. The van der Waals surface area contributed by atoms with Crippen molar-refractivity contribution in [1.29, 1.82) is 0 Å². The van der Waals surface area contributed by atoms with Crippen molar-refractivity contribution in [3.8, 4) is 5.75 Å². The first-order valence-electron chi connectivity index (χ1n) is 5.51.